The van der Waals surface area contributed by atoms with E-state index in [1.165, 1.54) is 12.3 Å². The Bertz CT molecular complexity index is 1030. The highest BCUT2D eigenvalue weighted by Gasteiger charge is 2.18. The fraction of sp³-hybridized carbons (Fsp3) is 0.278. The Morgan fingerprint density at radius 3 is 2.89 bits per heavy atom. The molecular formula is C18H20N6O3S. The number of amides is 1. The number of fused-ring (bicyclic) bond motifs is 1. The zero-order valence-corrected chi connectivity index (χ0v) is 16.2. The molecule has 3 aromatic heterocycles. The predicted molar refractivity (Wildman–Crippen MR) is 106 cm³/mol. The third kappa shape index (κ3) is 4.12. The molecule has 9 nitrogen and oxygen atoms in total. The van der Waals surface area contributed by atoms with E-state index in [0.29, 0.717) is 44.6 Å². The van der Waals surface area contributed by atoms with Gasteiger partial charge in [0.25, 0.3) is 0 Å². The van der Waals surface area contributed by atoms with E-state index in [2.05, 4.69) is 25.3 Å². The largest absolute Gasteiger partial charge is 0.392 e. The SMILES string of the molecule is CCc1[nH]c2nc(Sc3cc(C(N)=O)ccn3)nc(NC[C@H](C)O)c2c1C=O. The van der Waals surface area contributed by atoms with Crippen LogP contribution in [0, 0.1) is 0 Å². The number of nitrogens with zero attached hydrogens (tertiary/aromatic N) is 3. The number of anilines is 1. The van der Waals surface area contributed by atoms with Crippen molar-refractivity contribution in [3.63, 3.8) is 0 Å². The number of aryl methyl sites for hydroxylation is 1. The van der Waals surface area contributed by atoms with Gasteiger partial charge in [-0.2, -0.15) is 0 Å². The maximum atomic E-state index is 11.6. The summed E-state index contributed by atoms with van der Waals surface area (Å²) in [5, 5.41) is 14.1. The molecule has 1 amide bonds. The molecule has 5 N–H and O–H groups in total. The lowest BCUT2D eigenvalue weighted by atomic mass is 10.1. The number of aldehydes is 1. The summed E-state index contributed by atoms with van der Waals surface area (Å²) in [7, 11) is 0. The van der Waals surface area contributed by atoms with Gasteiger partial charge in [0.2, 0.25) is 5.91 Å². The molecule has 0 aromatic carbocycles. The molecule has 1 atom stereocenters. The topological polar surface area (TPSA) is 147 Å². The van der Waals surface area contributed by atoms with Crippen molar-refractivity contribution >= 4 is 40.8 Å². The lowest BCUT2D eigenvalue weighted by Gasteiger charge is -2.10. The highest BCUT2D eigenvalue weighted by atomic mass is 32.2. The Morgan fingerprint density at radius 1 is 1.46 bits per heavy atom. The van der Waals surface area contributed by atoms with Crippen molar-refractivity contribution in [2.45, 2.75) is 36.6 Å². The molecule has 0 fully saturated rings. The molecule has 0 spiro atoms. The van der Waals surface area contributed by atoms with Crippen molar-refractivity contribution < 1.29 is 14.7 Å². The highest BCUT2D eigenvalue weighted by molar-refractivity contribution is 7.99. The molecule has 0 aliphatic heterocycles. The molecular weight excluding hydrogens is 380 g/mol. The van der Waals surface area contributed by atoms with Gasteiger partial charge in [-0.25, -0.2) is 15.0 Å². The first-order valence-electron chi connectivity index (χ1n) is 8.66. The van der Waals surface area contributed by atoms with E-state index < -0.39 is 12.0 Å². The third-order valence-corrected chi connectivity index (χ3v) is 4.80. The van der Waals surface area contributed by atoms with Crippen LogP contribution in [0.1, 0.15) is 40.3 Å². The van der Waals surface area contributed by atoms with Gasteiger partial charge in [-0.15, -0.1) is 0 Å². The Balaban J connectivity index is 2.07. The highest BCUT2D eigenvalue weighted by Crippen LogP contribution is 2.31. The Morgan fingerprint density at radius 2 is 2.25 bits per heavy atom. The molecule has 3 heterocycles. The van der Waals surface area contributed by atoms with E-state index in [4.69, 9.17) is 5.73 Å². The van der Waals surface area contributed by atoms with Gasteiger partial charge >= 0.3 is 0 Å². The quantitative estimate of drug-likeness (QED) is 0.330. The Kier molecular flexibility index (Phi) is 5.90. The monoisotopic (exact) mass is 400 g/mol. The first-order chi connectivity index (χ1) is 13.4. The summed E-state index contributed by atoms with van der Waals surface area (Å²) < 4.78 is 0. The lowest BCUT2D eigenvalue weighted by Crippen LogP contribution is -2.16. The molecule has 0 aliphatic carbocycles. The number of carbonyl (C=O) groups excluding carboxylic acids is 2. The van der Waals surface area contributed by atoms with E-state index in [9.17, 15) is 14.7 Å². The van der Waals surface area contributed by atoms with Crippen LogP contribution in [0.5, 0.6) is 0 Å². The minimum absolute atomic E-state index is 0.260. The zero-order valence-electron chi connectivity index (χ0n) is 15.4. The summed E-state index contributed by atoms with van der Waals surface area (Å²) in [6, 6.07) is 3.09. The summed E-state index contributed by atoms with van der Waals surface area (Å²) >= 11 is 1.16. The number of aromatic amines is 1. The molecule has 10 heteroatoms. The second kappa shape index (κ2) is 8.36. The molecule has 0 unspecified atom stereocenters. The number of H-pyrrole nitrogens is 1. The number of nitrogens with one attached hydrogen (secondary N) is 2. The van der Waals surface area contributed by atoms with Crippen LogP contribution in [0.25, 0.3) is 11.0 Å². The van der Waals surface area contributed by atoms with Gasteiger partial charge in [0.05, 0.1) is 11.5 Å². The lowest BCUT2D eigenvalue weighted by molar-refractivity contribution is 0.0999. The van der Waals surface area contributed by atoms with Crippen LogP contribution in [0.4, 0.5) is 5.82 Å². The maximum Gasteiger partial charge on any atom is 0.248 e. The van der Waals surface area contributed by atoms with Crippen LogP contribution in [0.15, 0.2) is 28.5 Å². The number of pyridine rings is 1. The van der Waals surface area contributed by atoms with Crippen LogP contribution in [0.2, 0.25) is 0 Å². The molecule has 0 radical (unpaired) electrons. The summed E-state index contributed by atoms with van der Waals surface area (Å²) in [4.78, 5) is 39.3. The van der Waals surface area contributed by atoms with Crippen LogP contribution in [0.3, 0.4) is 0 Å². The number of rotatable bonds is 8. The predicted octanol–water partition coefficient (Wildman–Crippen LogP) is 1.77. The maximum absolute atomic E-state index is 11.6. The van der Waals surface area contributed by atoms with E-state index in [-0.39, 0.29) is 6.54 Å². The number of primary amides is 1. The summed E-state index contributed by atoms with van der Waals surface area (Å²) in [6.45, 7) is 3.84. The van der Waals surface area contributed by atoms with Crippen LogP contribution in [-0.4, -0.2) is 49.9 Å². The minimum Gasteiger partial charge on any atom is -0.392 e. The van der Waals surface area contributed by atoms with E-state index in [0.717, 1.165) is 23.7 Å². The number of aliphatic hydroxyl groups excluding tert-OH is 1. The number of aliphatic hydroxyl groups is 1. The fourth-order valence-corrected chi connectivity index (χ4v) is 3.45. The Hall–Kier alpha value is -2.98. The van der Waals surface area contributed by atoms with E-state index in [1.807, 2.05) is 6.92 Å². The molecule has 3 rings (SSSR count). The number of hydrogen-bond donors (Lipinski definition) is 4. The number of aromatic nitrogens is 4. The molecule has 0 bridgehead atoms. The standard InChI is InChI=1S/C18H20N6O3S/c1-3-12-11(8-25)14-16(21-7-9(2)26)23-18(24-17(14)22-12)28-13-6-10(15(19)27)4-5-20-13/h4-6,8-9,26H,3,7H2,1-2H3,(H2,19,27)(H2,21,22,23,24)/t9-/m0/s1. The van der Waals surface area contributed by atoms with Crippen molar-refractivity contribution in [1.82, 2.24) is 19.9 Å². The first kappa shape index (κ1) is 19.8. The molecule has 146 valence electrons. The second-order valence-corrected chi connectivity index (χ2v) is 7.13. The Labute approximate surface area is 165 Å². The van der Waals surface area contributed by atoms with Crippen LogP contribution < -0.4 is 11.1 Å². The minimum atomic E-state index is -0.598. The van der Waals surface area contributed by atoms with E-state index in [1.54, 1.807) is 13.0 Å². The number of carbonyl (C=O) groups is 2. The van der Waals surface area contributed by atoms with Gasteiger partial charge in [-0.3, -0.25) is 9.59 Å². The molecule has 0 aliphatic rings. The fourth-order valence-electron chi connectivity index (χ4n) is 2.69. The van der Waals surface area contributed by atoms with Crippen molar-refractivity contribution in [3.8, 4) is 0 Å². The number of nitrogens with two attached hydrogens (primary N) is 1. The third-order valence-electron chi connectivity index (χ3n) is 4.00. The van der Waals surface area contributed by atoms with Crippen molar-refractivity contribution in [2.75, 3.05) is 11.9 Å². The molecule has 0 saturated carbocycles. The smallest absolute Gasteiger partial charge is 0.248 e. The van der Waals surface area contributed by atoms with Crippen LogP contribution in [-0.2, 0) is 6.42 Å². The molecule has 3 aromatic rings. The van der Waals surface area contributed by atoms with Gasteiger partial charge in [-0.1, -0.05) is 6.92 Å². The normalized spacial score (nSPS) is 12.1. The summed E-state index contributed by atoms with van der Waals surface area (Å²) in [5.41, 5.74) is 7.41. The average Bonchev–Trinajstić information content (AvgIpc) is 3.03. The van der Waals surface area contributed by atoms with Gasteiger partial charge in [0.1, 0.15) is 16.5 Å². The number of hydrogen-bond acceptors (Lipinski definition) is 8. The zero-order chi connectivity index (χ0) is 20.3. The van der Waals surface area contributed by atoms with Gasteiger partial charge in [0, 0.05) is 29.6 Å². The second-order valence-electron chi connectivity index (χ2n) is 6.15. The van der Waals surface area contributed by atoms with Gasteiger partial charge in [0.15, 0.2) is 11.4 Å². The van der Waals surface area contributed by atoms with Crippen molar-refractivity contribution in [2.24, 2.45) is 5.73 Å². The first-order valence-corrected chi connectivity index (χ1v) is 9.48. The molecule has 28 heavy (non-hydrogen) atoms. The molecule has 0 saturated heterocycles. The van der Waals surface area contributed by atoms with Crippen molar-refractivity contribution in [1.29, 1.82) is 0 Å². The van der Waals surface area contributed by atoms with Crippen LogP contribution >= 0.6 is 11.8 Å². The van der Waals surface area contributed by atoms with Gasteiger partial charge < -0.3 is 21.1 Å². The average molecular weight is 400 g/mol. The van der Waals surface area contributed by atoms with E-state index >= 15 is 0 Å². The summed E-state index contributed by atoms with van der Waals surface area (Å²) in [6.07, 6.45) is 2.30. The summed E-state index contributed by atoms with van der Waals surface area (Å²) in [5.74, 6) is -0.106. The van der Waals surface area contributed by atoms with Crippen molar-refractivity contribution in [3.05, 3.63) is 35.2 Å². The van der Waals surface area contributed by atoms with Gasteiger partial charge in [-0.05, 0) is 37.2 Å².